The monoisotopic (exact) mass is 338 g/mol. The number of piperidine rings is 1. The molecule has 0 radical (unpaired) electrons. The second kappa shape index (κ2) is 8.10. The summed E-state index contributed by atoms with van der Waals surface area (Å²) in [6.07, 6.45) is 3.77. The maximum atomic E-state index is 12.8. The Bertz CT molecular complexity index is 704. The molecule has 1 aliphatic rings. The second-order valence-corrected chi connectivity index (χ2v) is 6.76. The Morgan fingerprint density at radius 3 is 2.80 bits per heavy atom. The van der Waals surface area contributed by atoms with E-state index in [2.05, 4.69) is 40.8 Å². The summed E-state index contributed by atoms with van der Waals surface area (Å²) in [5.41, 5.74) is 1.71. The van der Waals surface area contributed by atoms with Gasteiger partial charge in [0.15, 0.2) is 0 Å². The molecule has 1 aromatic heterocycles. The number of likely N-dealkylation sites (tertiary alicyclic amines) is 1. The van der Waals surface area contributed by atoms with Gasteiger partial charge in [-0.05, 0) is 31.2 Å². The Morgan fingerprint density at radius 2 is 2.08 bits per heavy atom. The fourth-order valence-corrected chi connectivity index (χ4v) is 3.33. The zero-order chi connectivity index (χ0) is 17.6. The van der Waals surface area contributed by atoms with Crippen molar-refractivity contribution in [3.63, 3.8) is 0 Å². The van der Waals surface area contributed by atoms with E-state index < -0.39 is 0 Å². The van der Waals surface area contributed by atoms with Crippen molar-refractivity contribution < 1.29 is 4.79 Å². The van der Waals surface area contributed by atoms with Crippen LogP contribution < -0.4 is 4.90 Å². The summed E-state index contributed by atoms with van der Waals surface area (Å²) < 4.78 is 0. The van der Waals surface area contributed by atoms with Crippen LogP contribution in [0.4, 0.5) is 5.82 Å². The summed E-state index contributed by atoms with van der Waals surface area (Å²) in [4.78, 5) is 25.5. The van der Waals surface area contributed by atoms with Crippen molar-refractivity contribution in [1.29, 1.82) is 0 Å². The summed E-state index contributed by atoms with van der Waals surface area (Å²) in [5.74, 6) is 1.38. The Labute approximate surface area is 149 Å². The van der Waals surface area contributed by atoms with Gasteiger partial charge in [0, 0.05) is 32.2 Å². The zero-order valence-corrected chi connectivity index (χ0v) is 15.1. The summed E-state index contributed by atoms with van der Waals surface area (Å²) >= 11 is 0. The maximum absolute atomic E-state index is 12.8. The smallest absolute Gasteiger partial charge is 0.272 e. The van der Waals surface area contributed by atoms with E-state index in [0.29, 0.717) is 11.6 Å². The first-order valence-corrected chi connectivity index (χ1v) is 9.07. The number of nitrogens with zero attached hydrogens (tertiary/aromatic N) is 4. The third-order valence-electron chi connectivity index (χ3n) is 4.74. The van der Waals surface area contributed by atoms with Crippen molar-refractivity contribution in [2.24, 2.45) is 5.92 Å². The largest absolute Gasteiger partial charge is 0.352 e. The predicted octanol–water partition coefficient (Wildman–Crippen LogP) is 3.38. The topological polar surface area (TPSA) is 49.3 Å². The second-order valence-electron chi connectivity index (χ2n) is 6.76. The van der Waals surface area contributed by atoms with Crippen molar-refractivity contribution in [3.8, 4) is 0 Å². The molecule has 1 fully saturated rings. The molecular weight excluding hydrogens is 312 g/mol. The van der Waals surface area contributed by atoms with Crippen LogP contribution in [-0.4, -0.2) is 40.4 Å². The number of benzene rings is 1. The number of aromatic nitrogens is 2. The molecule has 3 rings (SSSR count). The predicted molar refractivity (Wildman–Crippen MR) is 99.5 cm³/mol. The lowest BCUT2D eigenvalue weighted by Gasteiger charge is -2.31. The van der Waals surface area contributed by atoms with Crippen molar-refractivity contribution in [1.82, 2.24) is 14.9 Å². The summed E-state index contributed by atoms with van der Waals surface area (Å²) in [6, 6.07) is 12.1. The molecule has 25 heavy (non-hydrogen) atoms. The third kappa shape index (κ3) is 4.35. The lowest BCUT2D eigenvalue weighted by atomic mass is 10.00. The van der Waals surface area contributed by atoms with E-state index in [1.807, 2.05) is 29.2 Å². The van der Waals surface area contributed by atoms with Gasteiger partial charge in [0.2, 0.25) is 0 Å². The molecular formula is C20H26N4O. The van der Waals surface area contributed by atoms with Gasteiger partial charge in [-0.25, -0.2) is 9.97 Å². The lowest BCUT2D eigenvalue weighted by molar-refractivity contribution is 0.0677. The first-order valence-electron chi connectivity index (χ1n) is 9.07. The van der Waals surface area contributed by atoms with Gasteiger partial charge >= 0.3 is 0 Å². The van der Waals surface area contributed by atoms with Gasteiger partial charge in [-0.1, -0.05) is 37.3 Å². The molecule has 1 aromatic carbocycles. The number of hydrogen-bond donors (Lipinski definition) is 0. The van der Waals surface area contributed by atoms with Gasteiger partial charge in [-0.15, -0.1) is 0 Å². The van der Waals surface area contributed by atoms with Gasteiger partial charge in [0.05, 0.1) is 0 Å². The van der Waals surface area contributed by atoms with E-state index in [0.717, 1.165) is 38.4 Å². The summed E-state index contributed by atoms with van der Waals surface area (Å²) in [5, 5.41) is 0. The molecule has 0 spiro atoms. The highest BCUT2D eigenvalue weighted by Gasteiger charge is 2.23. The molecule has 2 aromatic rings. The number of hydrogen-bond acceptors (Lipinski definition) is 4. The Morgan fingerprint density at radius 1 is 1.28 bits per heavy atom. The minimum Gasteiger partial charge on any atom is -0.352 e. The molecule has 2 heterocycles. The average molecular weight is 338 g/mol. The van der Waals surface area contributed by atoms with Crippen molar-refractivity contribution in [2.75, 3.05) is 24.5 Å². The van der Waals surface area contributed by atoms with E-state index in [1.165, 1.54) is 18.3 Å². The Kier molecular flexibility index (Phi) is 5.64. The first-order chi connectivity index (χ1) is 12.2. The molecule has 1 aliphatic heterocycles. The van der Waals surface area contributed by atoms with Crippen LogP contribution in [0, 0.1) is 5.92 Å². The highest BCUT2D eigenvalue weighted by atomic mass is 16.2. The third-order valence-corrected chi connectivity index (χ3v) is 4.74. The quantitative estimate of drug-likeness (QED) is 0.839. The van der Waals surface area contributed by atoms with E-state index in [4.69, 9.17) is 0 Å². The van der Waals surface area contributed by atoms with Crippen LogP contribution in [0.2, 0.25) is 0 Å². The minimum atomic E-state index is 0.0194. The van der Waals surface area contributed by atoms with E-state index >= 15 is 0 Å². The first kappa shape index (κ1) is 17.4. The molecule has 0 N–H and O–H groups in total. The van der Waals surface area contributed by atoms with Crippen LogP contribution >= 0.6 is 0 Å². The van der Waals surface area contributed by atoms with Gasteiger partial charge in [-0.3, -0.25) is 4.79 Å². The normalized spacial score (nSPS) is 17.4. The van der Waals surface area contributed by atoms with Gasteiger partial charge in [0.25, 0.3) is 5.91 Å². The van der Waals surface area contributed by atoms with E-state index in [9.17, 15) is 4.79 Å². The fourth-order valence-electron chi connectivity index (χ4n) is 3.33. The number of rotatable bonds is 5. The van der Waals surface area contributed by atoms with E-state index in [1.54, 1.807) is 0 Å². The van der Waals surface area contributed by atoms with Crippen LogP contribution in [0.3, 0.4) is 0 Å². The molecule has 132 valence electrons. The molecule has 0 saturated carbocycles. The molecule has 5 heteroatoms. The standard InChI is InChI=1S/C20H26N4O/c1-3-23(14-17-9-5-4-6-10-17)19-12-18(21-15-22-19)20(25)24-11-7-8-16(2)13-24/h4-6,9-10,12,15-16H,3,7-8,11,13-14H2,1-2H3. The van der Waals surface area contributed by atoms with E-state index in [-0.39, 0.29) is 5.91 Å². The number of carbonyl (C=O) groups excluding carboxylic acids is 1. The lowest BCUT2D eigenvalue weighted by Crippen LogP contribution is -2.39. The molecule has 0 aliphatic carbocycles. The highest BCUT2D eigenvalue weighted by molar-refractivity contribution is 5.93. The molecule has 1 atom stereocenters. The Balaban J connectivity index is 1.76. The number of carbonyl (C=O) groups is 1. The summed E-state index contributed by atoms with van der Waals surface area (Å²) in [6.45, 7) is 7.52. The average Bonchev–Trinajstić information content (AvgIpc) is 2.66. The van der Waals surface area contributed by atoms with Crippen LogP contribution in [0.1, 0.15) is 42.7 Å². The number of amides is 1. The molecule has 0 bridgehead atoms. The molecule has 1 saturated heterocycles. The number of anilines is 1. The van der Waals surface area contributed by atoms with Crippen LogP contribution in [-0.2, 0) is 6.54 Å². The van der Waals surface area contributed by atoms with Gasteiger partial charge in [0.1, 0.15) is 17.8 Å². The van der Waals surface area contributed by atoms with Crippen molar-refractivity contribution in [2.45, 2.75) is 33.2 Å². The molecule has 1 unspecified atom stereocenters. The minimum absolute atomic E-state index is 0.0194. The maximum Gasteiger partial charge on any atom is 0.272 e. The highest BCUT2D eigenvalue weighted by Crippen LogP contribution is 2.19. The zero-order valence-electron chi connectivity index (χ0n) is 15.1. The molecule has 1 amide bonds. The summed E-state index contributed by atoms with van der Waals surface area (Å²) in [7, 11) is 0. The SMILES string of the molecule is CCN(Cc1ccccc1)c1cc(C(=O)N2CCCC(C)C2)ncn1. The van der Waals surface area contributed by atoms with Gasteiger partial charge < -0.3 is 9.80 Å². The van der Waals surface area contributed by atoms with Crippen LogP contribution in [0.25, 0.3) is 0 Å². The van der Waals surface area contributed by atoms with Crippen molar-refractivity contribution >= 4 is 11.7 Å². The fraction of sp³-hybridized carbons (Fsp3) is 0.450. The van der Waals surface area contributed by atoms with Crippen LogP contribution in [0.15, 0.2) is 42.7 Å². The van der Waals surface area contributed by atoms with Gasteiger partial charge in [-0.2, -0.15) is 0 Å². The van der Waals surface area contributed by atoms with Crippen LogP contribution in [0.5, 0.6) is 0 Å². The Hall–Kier alpha value is -2.43. The van der Waals surface area contributed by atoms with Crippen molar-refractivity contribution in [3.05, 3.63) is 54.0 Å². The molecule has 5 nitrogen and oxygen atoms in total.